The first kappa shape index (κ1) is 22.7. The quantitative estimate of drug-likeness (QED) is 0.721. The van der Waals surface area contributed by atoms with E-state index in [-0.39, 0.29) is 41.1 Å². The zero-order valence-electron chi connectivity index (χ0n) is 17.2. The van der Waals surface area contributed by atoms with Gasteiger partial charge in [-0.3, -0.25) is 14.3 Å². The maximum atomic E-state index is 13.1. The predicted octanol–water partition coefficient (Wildman–Crippen LogP) is 1.60. The van der Waals surface area contributed by atoms with Crippen LogP contribution in [0.25, 0.3) is 0 Å². The van der Waals surface area contributed by atoms with Crippen molar-refractivity contribution < 1.29 is 27.5 Å². The van der Waals surface area contributed by atoms with E-state index in [4.69, 9.17) is 0 Å². The number of aliphatic hydroxyl groups excluding tert-OH is 1. The van der Waals surface area contributed by atoms with Crippen molar-refractivity contribution in [3.05, 3.63) is 59.4 Å². The highest BCUT2D eigenvalue weighted by atomic mass is 32.2. The smallest absolute Gasteiger partial charge is 0.261 e. The summed E-state index contributed by atoms with van der Waals surface area (Å²) < 4.78 is 40.9. The second kappa shape index (κ2) is 9.03. The average molecular weight is 450 g/mol. The zero-order valence-corrected chi connectivity index (χ0v) is 18.0. The summed E-state index contributed by atoms with van der Waals surface area (Å²) in [7, 11) is -3.98. The number of nitrogens with one attached hydrogen (secondary N) is 1. The number of halogens is 1. The summed E-state index contributed by atoms with van der Waals surface area (Å²) in [5, 5.41) is 9.44. The lowest BCUT2D eigenvalue weighted by molar-refractivity contribution is -0.140. The van der Waals surface area contributed by atoms with Crippen molar-refractivity contribution in [2.24, 2.45) is 0 Å². The Morgan fingerprint density at radius 1 is 1.03 bits per heavy atom. The molecule has 0 saturated carbocycles. The Morgan fingerprint density at radius 2 is 1.61 bits per heavy atom. The van der Waals surface area contributed by atoms with Gasteiger partial charge in [-0.1, -0.05) is 6.07 Å². The summed E-state index contributed by atoms with van der Waals surface area (Å²) in [5.41, 5.74) is 1.07. The van der Waals surface area contributed by atoms with E-state index in [0.29, 0.717) is 18.7 Å². The van der Waals surface area contributed by atoms with Crippen LogP contribution in [0.1, 0.15) is 22.8 Å². The van der Waals surface area contributed by atoms with Gasteiger partial charge in [-0.05, 0) is 55.8 Å². The van der Waals surface area contributed by atoms with Crippen LogP contribution in [0.15, 0.2) is 47.4 Å². The van der Waals surface area contributed by atoms with Crippen molar-refractivity contribution >= 4 is 27.5 Å². The number of sulfonamides is 1. The number of nitrogens with zero attached hydrogens (tertiary/aromatic N) is 2. The molecule has 1 aliphatic rings. The van der Waals surface area contributed by atoms with Gasteiger partial charge in [-0.2, -0.15) is 0 Å². The van der Waals surface area contributed by atoms with Crippen molar-refractivity contribution in [3.8, 4) is 0 Å². The second-order valence-electron chi connectivity index (χ2n) is 7.38. The number of amides is 2. The van der Waals surface area contributed by atoms with E-state index in [1.807, 2.05) is 0 Å². The summed E-state index contributed by atoms with van der Waals surface area (Å²) in [6, 6.07) is 9.17. The molecule has 1 saturated heterocycles. The van der Waals surface area contributed by atoms with Crippen molar-refractivity contribution in [3.63, 3.8) is 0 Å². The van der Waals surface area contributed by atoms with Gasteiger partial charge in [0.05, 0.1) is 4.90 Å². The Kier molecular flexibility index (Phi) is 6.61. The standard InChI is InChI=1S/C21H24FN3O5S/c1-14-3-8-18(31(29,30)23-17-6-4-16(22)5-7-17)13-19(14)21(28)25-11-9-24(10-12-25)20(27)15(2)26/h3-8,13,15,23,26H,9-12H2,1-2H3/t15-/m1/s1. The maximum Gasteiger partial charge on any atom is 0.261 e. The van der Waals surface area contributed by atoms with Crippen molar-refractivity contribution in [2.75, 3.05) is 30.9 Å². The molecule has 3 rings (SSSR count). The highest BCUT2D eigenvalue weighted by Crippen LogP contribution is 2.21. The molecule has 1 heterocycles. The van der Waals surface area contributed by atoms with Crippen LogP contribution in [-0.2, 0) is 14.8 Å². The average Bonchev–Trinajstić information content (AvgIpc) is 2.74. The first-order valence-electron chi connectivity index (χ1n) is 9.73. The van der Waals surface area contributed by atoms with Gasteiger partial charge < -0.3 is 14.9 Å². The van der Waals surface area contributed by atoms with Crippen LogP contribution < -0.4 is 4.72 Å². The minimum absolute atomic E-state index is 0.0892. The second-order valence-corrected chi connectivity index (χ2v) is 9.06. The molecule has 2 N–H and O–H groups in total. The lowest BCUT2D eigenvalue weighted by atomic mass is 10.1. The Bertz CT molecular complexity index is 1080. The summed E-state index contributed by atoms with van der Waals surface area (Å²) in [6.45, 7) is 4.25. The van der Waals surface area contributed by atoms with Crippen molar-refractivity contribution in [2.45, 2.75) is 24.8 Å². The molecule has 31 heavy (non-hydrogen) atoms. The number of piperazine rings is 1. The molecular weight excluding hydrogens is 425 g/mol. The minimum Gasteiger partial charge on any atom is -0.384 e. The monoisotopic (exact) mass is 449 g/mol. The number of carbonyl (C=O) groups excluding carboxylic acids is 2. The molecule has 0 aliphatic carbocycles. The Morgan fingerprint density at radius 3 is 2.19 bits per heavy atom. The van der Waals surface area contributed by atoms with Crippen LogP contribution >= 0.6 is 0 Å². The lowest BCUT2D eigenvalue weighted by Gasteiger charge is -2.35. The minimum atomic E-state index is -3.98. The van der Waals surface area contributed by atoms with E-state index in [9.17, 15) is 27.5 Å². The topological polar surface area (TPSA) is 107 Å². The molecule has 166 valence electrons. The number of carbonyl (C=O) groups is 2. The third-order valence-corrected chi connectivity index (χ3v) is 6.46. The number of aliphatic hydroxyl groups is 1. The number of aryl methyl sites for hydroxylation is 1. The molecule has 1 atom stereocenters. The number of benzene rings is 2. The molecule has 2 aromatic carbocycles. The first-order valence-corrected chi connectivity index (χ1v) is 11.2. The van der Waals surface area contributed by atoms with Crippen LogP contribution in [0.5, 0.6) is 0 Å². The third-order valence-electron chi connectivity index (χ3n) is 5.08. The molecule has 0 unspecified atom stereocenters. The van der Waals surface area contributed by atoms with Gasteiger partial charge in [-0.15, -0.1) is 0 Å². The number of anilines is 1. The highest BCUT2D eigenvalue weighted by molar-refractivity contribution is 7.92. The predicted molar refractivity (Wildman–Crippen MR) is 113 cm³/mol. The molecule has 0 bridgehead atoms. The molecule has 10 heteroatoms. The van der Waals surface area contributed by atoms with Crippen LogP contribution in [0.3, 0.4) is 0 Å². The molecule has 1 fully saturated rings. The SMILES string of the molecule is Cc1ccc(S(=O)(=O)Nc2ccc(F)cc2)cc1C(=O)N1CCN(C(=O)[C@@H](C)O)CC1. The Labute approximate surface area is 180 Å². The van der Waals surface area contributed by atoms with E-state index in [1.54, 1.807) is 17.9 Å². The molecule has 0 radical (unpaired) electrons. The molecule has 1 aliphatic heterocycles. The Balaban J connectivity index is 1.77. The van der Waals surface area contributed by atoms with Gasteiger partial charge in [0.15, 0.2) is 0 Å². The molecule has 2 amide bonds. The maximum absolute atomic E-state index is 13.1. The van der Waals surface area contributed by atoms with Crippen LogP contribution in [-0.4, -0.2) is 67.4 Å². The van der Waals surface area contributed by atoms with Gasteiger partial charge in [0, 0.05) is 37.4 Å². The molecule has 0 spiro atoms. The van der Waals surface area contributed by atoms with Gasteiger partial charge in [-0.25, -0.2) is 12.8 Å². The summed E-state index contributed by atoms with van der Waals surface area (Å²) in [4.78, 5) is 27.9. The molecule has 8 nitrogen and oxygen atoms in total. The molecule has 2 aromatic rings. The van der Waals surface area contributed by atoms with Crippen molar-refractivity contribution in [1.82, 2.24) is 9.80 Å². The number of hydrogen-bond donors (Lipinski definition) is 2. The first-order chi connectivity index (χ1) is 14.6. The summed E-state index contributed by atoms with van der Waals surface area (Å²) >= 11 is 0. The van der Waals surface area contributed by atoms with E-state index in [2.05, 4.69) is 4.72 Å². The van der Waals surface area contributed by atoms with Gasteiger partial charge in [0.2, 0.25) is 0 Å². The Hall–Kier alpha value is -2.98. The lowest BCUT2D eigenvalue weighted by Crippen LogP contribution is -2.52. The largest absolute Gasteiger partial charge is 0.384 e. The number of hydrogen-bond acceptors (Lipinski definition) is 5. The summed E-state index contributed by atoms with van der Waals surface area (Å²) in [6.07, 6.45) is -1.10. The fourth-order valence-corrected chi connectivity index (χ4v) is 4.38. The molecule has 0 aromatic heterocycles. The van der Waals surface area contributed by atoms with E-state index in [0.717, 1.165) is 12.1 Å². The van der Waals surface area contributed by atoms with E-state index in [1.165, 1.54) is 36.1 Å². The van der Waals surface area contributed by atoms with Crippen LogP contribution in [0, 0.1) is 12.7 Å². The number of rotatable bonds is 5. The highest BCUT2D eigenvalue weighted by Gasteiger charge is 2.28. The van der Waals surface area contributed by atoms with Gasteiger partial charge in [0.25, 0.3) is 21.8 Å². The molecular formula is C21H24FN3O5S. The van der Waals surface area contributed by atoms with Gasteiger partial charge in [0.1, 0.15) is 11.9 Å². The third kappa shape index (κ3) is 5.20. The van der Waals surface area contributed by atoms with E-state index >= 15 is 0 Å². The fraction of sp³-hybridized carbons (Fsp3) is 0.333. The zero-order chi connectivity index (χ0) is 22.8. The fourth-order valence-electron chi connectivity index (χ4n) is 3.30. The summed E-state index contributed by atoms with van der Waals surface area (Å²) in [5.74, 6) is -1.20. The van der Waals surface area contributed by atoms with Crippen LogP contribution in [0.2, 0.25) is 0 Å². The normalized spacial score (nSPS) is 15.5. The van der Waals surface area contributed by atoms with Crippen molar-refractivity contribution in [1.29, 1.82) is 0 Å². The van der Waals surface area contributed by atoms with Crippen LogP contribution in [0.4, 0.5) is 10.1 Å². The van der Waals surface area contributed by atoms with Gasteiger partial charge >= 0.3 is 0 Å². The van der Waals surface area contributed by atoms with E-state index < -0.39 is 21.9 Å².